The van der Waals surface area contributed by atoms with Gasteiger partial charge in [0.15, 0.2) is 6.10 Å². The molecular weight excluding hydrogens is 220 g/mol. The van der Waals surface area contributed by atoms with Gasteiger partial charge in [-0.3, -0.25) is 14.5 Å². The van der Waals surface area contributed by atoms with E-state index in [1.165, 1.54) is 4.90 Å². The largest absolute Gasteiger partial charge is 0.479 e. The summed E-state index contributed by atoms with van der Waals surface area (Å²) in [7, 11) is 0. The second-order valence-electron chi connectivity index (χ2n) is 4.12. The zero-order valence-electron chi connectivity index (χ0n) is 9.77. The normalized spacial score (nSPS) is 18.6. The molecule has 2 amide bonds. The predicted molar refractivity (Wildman–Crippen MR) is 62.8 cm³/mol. The third-order valence-electron chi connectivity index (χ3n) is 2.64. The number of benzene rings is 1. The second kappa shape index (κ2) is 4.08. The van der Waals surface area contributed by atoms with Crippen LogP contribution in [0.1, 0.15) is 12.5 Å². The van der Waals surface area contributed by atoms with Crippen LogP contribution in [-0.4, -0.2) is 24.5 Å². The fraction of sp³-hybridized carbons (Fsp3) is 0.333. The quantitative estimate of drug-likeness (QED) is 0.814. The van der Waals surface area contributed by atoms with E-state index in [1.54, 1.807) is 13.0 Å². The Labute approximate surface area is 99.2 Å². The van der Waals surface area contributed by atoms with Crippen LogP contribution in [0, 0.1) is 6.92 Å². The zero-order chi connectivity index (χ0) is 12.6. The molecule has 17 heavy (non-hydrogen) atoms. The van der Waals surface area contributed by atoms with Crippen molar-refractivity contribution in [2.45, 2.75) is 20.0 Å². The van der Waals surface area contributed by atoms with Crippen LogP contribution < -0.4 is 15.4 Å². The Morgan fingerprint density at radius 2 is 2.24 bits per heavy atom. The molecule has 90 valence electrons. The summed E-state index contributed by atoms with van der Waals surface area (Å²) >= 11 is 0. The average Bonchev–Trinajstić information content (AvgIpc) is 2.24. The molecule has 0 saturated carbocycles. The van der Waals surface area contributed by atoms with Crippen molar-refractivity contribution < 1.29 is 14.3 Å². The standard InChI is InChI=1S/C12H14N2O3/c1-7-3-4-9-10(5-7)17-8(2)12(16)14(9)6-11(13)15/h3-5,8H,6H2,1-2H3,(H2,13,15). The van der Waals surface area contributed by atoms with E-state index in [0.29, 0.717) is 11.4 Å². The average molecular weight is 234 g/mol. The Kier molecular flexibility index (Phi) is 2.75. The number of primary amides is 1. The first kappa shape index (κ1) is 11.4. The van der Waals surface area contributed by atoms with Crippen molar-refractivity contribution in [1.82, 2.24) is 0 Å². The van der Waals surface area contributed by atoms with E-state index in [4.69, 9.17) is 10.5 Å². The molecular formula is C12H14N2O3. The van der Waals surface area contributed by atoms with Gasteiger partial charge >= 0.3 is 0 Å². The van der Waals surface area contributed by atoms with Crippen molar-refractivity contribution in [2.24, 2.45) is 5.73 Å². The van der Waals surface area contributed by atoms with Crippen LogP contribution in [0.25, 0.3) is 0 Å². The van der Waals surface area contributed by atoms with E-state index in [0.717, 1.165) is 5.56 Å². The highest BCUT2D eigenvalue weighted by Crippen LogP contribution is 2.34. The lowest BCUT2D eigenvalue weighted by Gasteiger charge is -2.32. The Balaban J connectivity index is 2.45. The summed E-state index contributed by atoms with van der Waals surface area (Å²) in [5.41, 5.74) is 6.77. The fourth-order valence-electron chi connectivity index (χ4n) is 1.84. The first-order valence-electron chi connectivity index (χ1n) is 5.36. The monoisotopic (exact) mass is 234 g/mol. The molecule has 1 heterocycles. The molecule has 0 aliphatic carbocycles. The topological polar surface area (TPSA) is 72.6 Å². The van der Waals surface area contributed by atoms with Crippen LogP contribution in [0.15, 0.2) is 18.2 Å². The van der Waals surface area contributed by atoms with Gasteiger partial charge in [-0.2, -0.15) is 0 Å². The van der Waals surface area contributed by atoms with Crippen molar-refractivity contribution in [3.8, 4) is 5.75 Å². The number of amides is 2. The van der Waals surface area contributed by atoms with E-state index in [9.17, 15) is 9.59 Å². The smallest absolute Gasteiger partial charge is 0.268 e. The minimum atomic E-state index is -0.594. The van der Waals surface area contributed by atoms with Gasteiger partial charge in [0.25, 0.3) is 5.91 Å². The summed E-state index contributed by atoms with van der Waals surface area (Å²) in [6.07, 6.45) is -0.594. The van der Waals surface area contributed by atoms with Gasteiger partial charge in [0.2, 0.25) is 5.91 Å². The predicted octanol–water partition coefficient (Wildman–Crippen LogP) is 0.594. The molecule has 1 unspecified atom stereocenters. The molecule has 0 aromatic heterocycles. The lowest BCUT2D eigenvalue weighted by Crippen LogP contribution is -2.47. The molecule has 5 nitrogen and oxygen atoms in total. The lowest BCUT2D eigenvalue weighted by molar-refractivity contribution is -0.127. The Morgan fingerprint density at radius 1 is 1.53 bits per heavy atom. The molecule has 1 aliphatic rings. The molecule has 0 radical (unpaired) electrons. The van der Waals surface area contributed by atoms with Gasteiger partial charge < -0.3 is 10.5 Å². The SMILES string of the molecule is Cc1ccc2c(c1)OC(C)C(=O)N2CC(N)=O. The summed E-state index contributed by atoms with van der Waals surface area (Å²) < 4.78 is 5.49. The van der Waals surface area contributed by atoms with Crippen LogP contribution in [0.5, 0.6) is 5.75 Å². The van der Waals surface area contributed by atoms with Crippen LogP contribution in [0.2, 0.25) is 0 Å². The minimum absolute atomic E-state index is 0.122. The van der Waals surface area contributed by atoms with Gasteiger partial charge in [-0.25, -0.2) is 0 Å². The second-order valence-corrected chi connectivity index (χ2v) is 4.12. The van der Waals surface area contributed by atoms with E-state index >= 15 is 0 Å². The molecule has 0 saturated heterocycles. The highest BCUT2D eigenvalue weighted by molar-refractivity contribution is 6.03. The lowest BCUT2D eigenvalue weighted by atomic mass is 10.1. The molecule has 0 bridgehead atoms. The van der Waals surface area contributed by atoms with Crippen molar-refractivity contribution in [3.05, 3.63) is 23.8 Å². The molecule has 1 aliphatic heterocycles. The number of carbonyl (C=O) groups is 2. The maximum absolute atomic E-state index is 11.9. The number of rotatable bonds is 2. The van der Waals surface area contributed by atoms with Gasteiger partial charge in [0.05, 0.1) is 5.69 Å². The summed E-state index contributed by atoms with van der Waals surface area (Å²) in [5, 5.41) is 0. The fourth-order valence-corrected chi connectivity index (χ4v) is 1.84. The summed E-state index contributed by atoms with van der Waals surface area (Å²) in [5.74, 6) is -0.183. The molecule has 0 fully saturated rings. The minimum Gasteiger partial charge on any atom is -0.479 e. The molecule has 1 aromatic carbocycles. The molecule has 2 rings (SSSR count). The number of aryl methyl sites for hydroxylation is 1. The molecule has 1 atom stereocenters. The number of hydrogen-bond donors (Lipinski definition) is 1. The Bertz CT molecular complexity index is 485. The summed E-state index contributed by atoms with van der Waals surface area (Å²) in [4.78, 5) is 24.3. The molecule has 5 heteroatoms. The van der Waals surface area contributed by atoms with Crippen molar-refractivity contribution in [2.75, 3.05) is 11.4 Å². The van der Waals surface area contributed by atoms with E-state index in [1.807, 2.05) is 19.1 Å². The van der Waals surface area contributed by atoms with Gasteiger partial charge in [0, 0.05) is 0 Å². The number of nitrogens with two attached hydrogens (primary N) is 1. The third-order valence-corrected chi connectivity index (χ3v) is 2.64. The molecule has 1 aromatic rings. The summed E-state index contributed by atoms with van der Waals surface area (Å²) in [6.45, 7) is 3.47. The van der Waals surface area contributed by atoms with Gasteiger partial charge in [0.1, 0.15) is 12.3 Å². The van der Waals surface area contributed by atoms with E-state index < -0.39 is 12.0 Å². The Morgan fingerprint density at radius 3 is 2.88 bits per heavy atom. The van der Waals surface area contributed by atoms with E-state index in [-0.39, 0.29) is 12.5 Å². The molecule has 2 N–H and O–H groups in total. The number of fused-ring (bicyclic) bond motifs is 1. The molecule has 0 spiro atoms. The summed E-state index contributed by atoms with van der Waals surface area (Å²) in [6, 6.07) is 5.46. The highest BCUT2D eigenvalue weighted by Gasteiger charge is 2.32. The van der Waals surface area contributed by atoms with Crippen molar-refractivity contribution >= 4 is 17.5 Å². The van der Waals surface area contributed by atoms with Crippen LogP contribution >= 0.6 is 0 Å². The van der Waals surface area contributed by atoms with Crippen LogP contribution in [0.3, 0.4) is 0 Å². The maximum Gasteiger partial charge on any atom is 0.268 e. The first-order valence-corrected chi connectivity index (χ1v) is 5.36. The van der Waals surface area contributed by atoms with Crippen LogP contribution in [0.4, 0.5) is 5.69 Å². The van der Waals surface area contributed by atoms with Crippen molar-refractivity contribution in [1.29, 1.82) is 0 Å². The zero-order valence-corrected chi connectivity index (χ0v) is 9.77. The van der Waals surface area contributed by atoms with Gasteiger partial charge in [-0.05, 0) is 31.5 Å². The number of anilines is 1. The third kappa shape index (κ3) is 2.08. The number of nitrogens with zero attached hydrogens (tertiary/aromatic N) is 1. The van der Waals surface area contributed by atoms with Gasteiger partial charge in [-0.1, -0.05) is 6.07 Å². The Hall–Kier alpha value is -2.04. The van der Waals surface area contributed by atoms with Crippen molar-refractivity contribution in [3.63, 3.8) is 0 Å². The maximum atomic E-state index is 11.9. The van der Waals surface area contributed by atoms with Gasteiger partial charge in [-0.15, -0.1) is 0 Å². The highest BCUT2D eigenvalue weighted by atomic mass is 16.5. The number of carbonyl (C=O) groups excluding carboxylic acids is 2. The number of hydrogen-bond acceptors (Lipinski definition) is 3. The first-order chi connectivity index (χ1) is 7.99. The van der Waals surface area contributed by atoms with Crippen LogP contribution in [-0.2, 0) is 9.59 Å². The number of ether oxygens (including phenoxy) is 1. The van der Waals surface area contributed by atoms with E-state index in [2.05, 4.69) is 0 Å².